The number of carbonyl (C=O) groups is 2. The summed E-state index contributed by atoms with van der Waals surface area (Å²) in [6.45, 7) is 0.504. The third kappa shape index (κ3) is 6.14. The highest BCUT2D eigenvalue weighted by Gasteiger charge is 2.07. The van der Waals surface area contributed by atoms with Crippen molar-refractivity contribution < 1.29 is 19.1 Å². The molecular weight excluding hydrogens is 329 g/mol. The lowest BCUT2D eigenvalue weighted by atomic mass is 10.1. The number of unbranched alkanes of at least 4 members (excludes halogenated alkanes) is 3. The molecule has 0 saturated carbocycles. The Labute approximate surface area is 125 Å². The van der Waals surface area contributed by atoms with E-state index in [-0.39, 0.29) is 17.9 Å². The quantitative estimate of drug-likeness (QED) is 0.710. The summed E-state index contributed by atoms with van der Waals surface area (Å²) >= 11 is 3.03. The highest BCUT2D eigenvalue weighted by molar-refractivity contribution is 9.10. The van der Waals surface area contributed by atoms with Gasteiger partial charge in [-0.3, -0.25) is 9.59 Å². The Morgan fingerprint density at radius 1 is 1.20 bits per heavy atom. The third-order valence-electron chi connectivity index (χ3n) is 2.78. The van der Waals surface area contributed by atoms with Crippen molar-refractivity contribution in [2.24, 2.45) is 0 Å². The number of benzene rings is 1. The molecule has 1 aromatic carbocycles. The summed E-state index contributed by atoms with van der Waals surface area (Å²) in [4.78, 5) is 22.0. The number of nitrogens with one attached hydrogen (secondary N) is 1. The predicted octanol–water partition coefficient (Wildman–Crippen LogP) is 3.35. The van der Waals surface area contributed by atoms with Crippen molar-refractivity contribution in [3.05, 3.63) is 34.1 Å². The summed E-state index contributed by atoms with van der Waals surface area (Å²) in [6.07, 6.45) is 3.31. The van der Waals surface area contributed by atoms with Gasteiger partial charge in [-0.1, -0.05) is 12.8 Å². The van der Waals surface area contributed by atoms with Crippen LogP contribution in [-0.2, 0) is 4.79 Å². The summed E-state index contributed by atoms with van der Waals surface area (Å²) in [5, 5.41) is 11.2. The molecule has 0 bridgehead atoms. The fourth-order valence-electron chi connectivity index (χ4n) is 1.70. The van der Waals surface area contributed by atoms with Crippen LogP contribution in [-0.4, -0.2) is 23.5 Å². The first-order chi connectivity index (χ1) is 9.50. The molecule has 0 aliphatic heterocycles. The average molecular weight is 346 g/mol. The maximum atomic E-state index is 13.3. The van der Waals surface area contributed by atoms with E-state index in [0.717, 1.165) is 19.3 Å². The van der Waals surface area contributed by atoms with Gasteiger partial charge in [0.25, 0.3) is 5.91 Å². The van der Waals surface area contributed by atoms with Gasteiger partial charge in [0.2, 0.25) is 0 Å². The Bertz CT molecular complexity index is 479. The molecule has 0 unspecified atom stereocenters. The summed E-state index contributed by atoms with van der Waals surface area (Å²) in [6, 6.07) is 4.23. The fourth-order valence-corrected chi connectivity index (χ4v) is 1.94. The van der Waals surface area contributed by atoms with Gasteiger partial charge >= 0.3 is 5.97 Å². The van der Waals surface area contributed by atoms with Crippen molar-refractivity contribution in [2.45, 2.75) is 32.1 Å². The van der Waals surface area contributed by atoms with E-state index in [1.54, 1.807) is 6.07 Å². The second kappa shape index (κ2) is 8.68. The topological polar surface area (TPSA) is 66.4 Å². The number of carboxylic acid groups (broad SMARTS) is 1. The highest BCUT2D eigenvalue weighted by atomic mass is 79.9. The molecule has 0 aliphatic rings. The lowest BCUT2D eigenvalue weighted by Crippen LogP contribution is -2.24. The second-order valence-corrected chi connectivity index (χ2v) is 5.30. The molecule has 2 N–H and O–H groups in total. The number of hydrogen-bond acceptors (Lipinski definition) is 2. The summed E-state index contributed by atoms with van der Waals surface area (Å²) in [5.74, 6) is -1.55. The first-order valence-corrected chi connectivity index (χ1v) is 7.25. The monoisotopic (exact) mass is 345 g/mol. The lowest BCUT2D eigenvalue weighted by molar-refractivity contribution is -0.137. The van der Waals surface area contributed by atoms with Crippen molar-refractivity contribution in [1.82, 2.24) is 5.32 Å². The van der Waals surface area contributed by atoms with E-state index < -0.39 is 11.8 Å². The lowest BCUT2D eigenvalue weighted by Gasteiger charge is -2.05. The highest BCUT2D eigenvalue weighted by Crippen LogP contribution is 2.16. The van der Waals surface area contributed by atoms with E-state index in [1.807, 2.05) is 0 Å². The molecule has 0 heterocycles. The van der Waals surface area contributed by atoms with Crippen molar-refractivity contribution in [3.8, 4) is 0 Å². The van der Waals surface area contributed by atoms with E-state index in [4.69, 9.17) is 5.11 Å². The largest absolute Gasteiger partial charge is 0.481 e. The number of carboxylic acids is 1. The van der Waals surface area contributed by atoms with E-state index >= 15 is 0 Å². The number of hydrogen-bond donors (Lipinski definition) is 2. The van der Waals surface area contributed by atoms with Crippen LogP contribution in [0.15, 0.2) is 22.7 Å². The van der Waals surface area contributed by atoms with Gasteiger partial charge in [-0.15, -0.1) is 0 Å². The number of rotatable bonds is 8. The molecule has 0 radical (unpaired) electrons. The van der Waals surface area contributed by atoms with Gasteiger partial charge in [-0.25, -0.2) is 4.39 Å². The van der Waals surface area contributed by atoms with Crippen LogP contribution < -0.4 is 5.32 Å². The number of carbonyl (C=O) groups excluding carboxylic acids is 1. The molecule has 6 heteroatoms. The molecule has 0 aliphatic carbocycles. The molecule has 0 fully saturated rings. The number of aliphatic carboxylic acids is 1. The van der Waals surface area contributed by atoms with E-state index in [2.05, 4.69) is 21.2 Å². The Morgan fingerprint density at radius 2 is 1.90 bits per heavy atom. The fraction of sp³-hybridized carbons (Fsp3) is 0.429. The van der Waals surface area contributed by atoms with Gasteiger partial charge in [0.05, 0.1) is 4.47 Å². The Morgan fingerprint density at radius 3 is 2.55 bits per heavy atom. The van der Waals surface area contributed by atoms with Gasteiger partial charge in [-0.05, 0) is 47.0 Å². The zero-order valence-electron chi connectivity index (χ0n) is 11.0. The Kier molecular flexibility index (Phi) is 7.22. The second-order valence-electron chi connectivity index (χ2n) is 4.44. The van der Waals surface area contributed by atoms with Crippen LogP contribution in [0, 0.1) is 5.82 Å². The zero-order valence-corrected chi connectivity index (χ0v) is 12.6. The van der Waals surface area contributed by atoms with Crippen LogP contribution >= 0.6 is 15.9 Å². The molecule has 1 rings (SSSR count). The van der Waals surface area contributed by atoms with Crippen LogP contribution in [0.25, 0.3) is 0 Å². The van der Waals surface area contributed by atoms with E-state index in [0.29, 0.717) is 17.4 Å². The minimum absolute atomic E-state index is 0.185. The van der Waals surface area contributed by atoms with Gasteiger partial charge < -0.3 is 10.4 Å². The van der Waals surface area contributed by atoms with Crippen LogP contribution in [0.1, 0.15) is 42.5 Å². The van der Waals surface area contributed by atoms with Crippen LogP contribution in [0.5, 0.6) is 0 Å². The number of halogens is 2. The van der Waals surface area contributed by atoms with Gasteiger partial charge in [-0.2, -0.15) is 0 Å². The molecule has 0 atom stereocenters. The Hall–Kier alpha value is -1.43. The van der Waals surface area contributed by atoms with Crippen molar-refractivity contribution in [1.29, 1.82) is 0 Å². The van der Waals surface area contributed by atoms with Gasteiger partial charge in [0.1, 0.15) is 5.82 Å². The third-order valence-corrected chi connectivity index (χ3v) is 3.43. The molecule has 0 saturated heterocycles. The minimum atomic E-state index is -0.782. The standard InChI is InChI=1S/C14H17BrFNO3/c15-11-7-6-10(9-12(11)16)14(20)17-8-4-2-1-3-5-13(18)19/h6-7,9H,1-5,8H2,(H,17,20)(H,18,19). The van der Waals surface area contributed by atoms with E-state index in [9.17, 15) is 14.0 Å². The number of amides is 1. The maximum absolute atomic E-state index is 13.3. The molecule has 0 spiro atoms. The Balaban J connectivity index is 2.20. The maximum Gasteiger partial charge on any atom is 0.303 e. The van der Waals surface area contributed by atoms with Crippen molar-refractivity contribution >= 4 is 27.8 Å². The molecule has 110 valence electrons. The first-order valence-electron chi connectivity index (χ1n) is 6.45. The minimum Gasteiger partial charge on any atom is -0.481 e. The summed E-state index contributed by atoms with van der Waals surface area (Å²) < 4.78 is 13.6. The molecule has 1 amide bonds. The summed E-state index contributed by atoms with van der Waals surface area (Å²) in [7, 11) is 0. The molecule has 0 aromatic heterocycles. The predicted molar refractivity (Wildman–Crippen MR) is 77.2 cm³/mol. The van der Waals surface area contributed by atoms with Gasteiger partial charge in [0.15, 0.2) is 0 Å². The summed E-state index contributed by atoms with van der Waals surface area (Å²) in [5.41, 5.74) is 0.288. The van der Waals surface area contributed by atoms with Gasteiger partial charge in [0, 0.05) is 18.5 Å². The smallest absolute Gasteiger partial charge is 0.303 e. The van der Waals surface area contributed by atoms with E-state index in [1.165, 1.54) is 12.1 Å². The van der Waals surface area contributed by atoms with Crippen LogP contribution in [0.2, 0.25) is 0 Å². The van der Waals surface area contributed by atoms with Crippen molar-refractivity contribution in [2.75, 3.05) is 6.54 Å². The first kappa shape index (κ1) is 16.6. The zero-order chi connectivity index (χ0) is 15.0. The SMILES string of the molecule is O=C(O)CCCCCCNC(=O)c1ccc(Br)c(F)c1. The normalized spacial score (nSPS) is 10.3. The average Bonchev–Trinajstić information content (AvgIpc) is 2.40. The van der Waals surface area contributed by atoms with Crippen molar-refractivity contribution in [3.63, 3.8) is 0 Å². The molecule has 4 nitrogen and oxygen atoms in total. The molecular formula is C14H17BrFNO3. The van der Waals surface area contributed by atoms with Crippen LogP contribution in [0.3, 0.4) is 0 Å². The van der Waals surface area contributed by atoms with Crippen LogP contribution in [0.4, 0.5) is 4.39 Å². The molecule has 20 heavy (non-hydrogen) atoms. The molecule has 1 aromatic rings.